The summed E-state index contributed by atoms with van der Waals surface area (Å²) in [5.41, 5.74) is 2.02. The van der Waals surface area contributed by atoms with Crippen LogP contribution in [0.2, 0.25) is 18.6 Å². The van der Waals surface area contributed by atoms with Gasteiger partial charge in [-0.05, 0) is 79.3 Å². The molecule has 4 aliphatic heterocycles. The van der Waals surface area contributed by atoms with Crippen LogP contribution in [0.4, 0.5) is 11.4 Å². The average Bonchev–Trinajstić information content (AvgIpc) is 3.80. The third kappa shape index (κ3) is 6.87. The van der Waals surface area contributed by atoms with Crippen LogP contribution in [-0.2, 0) is 31.3 Å². The number of carbonyl (C=O) groups is 3. The van der Waals surface area contributed by atoms with Gasteiger partial charge in [-0.1, -0.05) is 78.2 Å². The lowest BCUT2D eigenvalue weighted by Gasteiger charge is -2.37. The molecular weight excluding hydrogens is 750 g/mol. The molecule has 3 aromatic carbocycles. The van der Waals surface area contributed by atoms with Gasteiger partial charge in [-0.25, -0.2) is 0 Å². The summed E-state index contributed by atoms with van der Waals surface area (Å²) in [5.74, 6) is 0.511. The summed E-state index contributed by atoms with van der Waals surface area (Å²) in [6.45, 7) is 8.35. The quantitative estimate of drug-likeness (QED) is 0.237. The highest BCUT2D eigenvalue weighted by atomic mass is 79.9. The van der Waals surface area contributed by atoms with Gasteiger partial charge >= 0.3 is 0 Å². The summed E-state index contributed by atoms with van der Waals surface area (Å²) in [5, 5.41) is 11.3. The molecule has 3 fully saturated rings. The summed E-state index contributed by atoms with van der Waals surface area (Å²) in [7, 11) is -0.796. The molecule has 0 radical (unpaired) electrons. The Morgan fingerprint density at radius 2 is 1.77 bits per heavy atom. The van der Waals surface area contributed by atoms with Gasteiger partial charge in [0, 0.05) is 41.2 Å². The second-order valence-electron chi connectivity index (χ2n) is 15.9. The van der Waals surface area contributed by atoms with Crippen LogP contribution in [0.5, 0.6) is 5.75 Å². The first-order valence-corrected chi connectivity index (χ1v) is 23.1. The Morgan fingerprint density at radius 3 is 2.53 bits per heavy atom. The van der Waals surface area contributed by atoms with Gasteiger partial charge in [0.25, 0.3) is 5.91 Å². The molecule has 7 rings (SSSR count). The molecule has 5 atom stereocenters. The number of halogens is 1. The number of rotatable bonds is 9. The molecule has 282 valence electrons. The first-order chi connectivity index (χ1) is 25.5. The number of hydrogen-bond acceptors (Lipinski definition) is 6. The normalized spacial score (nSPS) is 26.3. The van der Waals surface area contributed by atoms with E-state index >= 15 is 4.79 Å². The molecule has 53 heavy (non-hydrogen) atoms. The van der Waals surface area contributed by atoms with E-state index in [2.05, 4.69) is 48.1 Å². The van der Waals surface area contributed by atoms with E-state index in [4.69, 9.17) is 9.47 Å². The van der Waals surface area contributed by atoms with Crippen LogP contribution < -0.4 is 19.7 Å². The zero-order valence-corrected chi connectivity index (χ0v) is 33.9. The largest absolute Gasteiger partial charge is 0.497 e. The van der Waals surface area contributed by atoms with Crippen molar-refractivity contribution in [2.24, 2.45) is 5.92 Å². The van der Waals surface area contributed by atoms with E-state index in [0.29, 0.717) is 26.1 Å². The summed E-state index contributed by atoms with van der Waals surface area (Å²) in [4.78, 5) is 48.1. The first-order valence-electron chi connectivity index (χ1n) is 19.2. The Hall–Kier alpha value is -3.51. The van der Waals surface area contributed by atoms with Gasteiger partial charge in [0.1, 0.15) is 5.75 Å². The fraction of sp³-hybridized carbons (Fsp3) is 0.500. The standard InChI is InChI=1S/C42H52BrN3O6Si/c1-28-40(53(3,4)34-18-16-33(51-2)17-19-34)37(25-39(49)45-22-10-13-32(45)27-47)52-42(28)35-24-30(43)15-20-36(35)46(41(42)50)26-29-11-9-12-31(23-29)44-21-8-6-5-7-14-38(44)48/h9,11-12,15-20,23-24,28,32,37,40,47H,5-8,10,13-14,21-22,25-27H2,1-4H3/t28-,32-,37+,40-,42+/m0/s1. The predicted octanol–water partition coefficient (Wildman–Crippen LogP) is 6.89. The second-order valence-corrected chi connectivity index (χ2v) is 21.5. The van der Waals surface area contributed by atoms with E-state index in [1.807, 2.05) is 69.3 Å². The number of methoxy groups -OCH3 is 1. The molecule has 3 saturated heterocycles. The minimum atomic E-state index is -2.46. The molecule has 0 aliphatic carbocycles. The molecule has 1 spiro atoms. The van der Waals surface area contributed by atoms with E-state index in [1.165, 1.54) is 5.19 Å². The van der Waals surface area contributed by atoms with Crippen LogP contribution in [0.15, 0.2) is 71.2 Å². The zero-order chi connectivity index (χ0) is 37.5. The van der Waals surface area contributed by atoms with E-state index < -0.39 is 19.8 Å². The van der Waals surface area contributed by atoms with Gasteiger partial charge in [-0.2, -0.15) is 0 Å². The second kappa shape index (κ2) is 15.3. The van der Waals surface area contributed by atoms with E-state index in [0.717, 1.165) is 71.2 Å². The lowest BCUT2D eigenvalue weighted by atomic mass is 9.82. The SMILES string of the molecule is COc1ccc([Si](C)(C)[C@@H]2[C@@H](CC(=O)N3CCC[C@H]3CO)O[C@]3(C(=O)N(Cc4cccc(N5CCCCCCC5=O)c4)c4ccc(Br)cc43)[C@H]2C)cc1. The Bertz CT molecular complexity index is 1850. The summed E-state index contributed by atoms with van der Waals surface area (Å²) >= 11 is 3.70. The number of anilines is 2. The molecule has 0 bridgehead atoms. The van der Waals surface area contributed by atoms with Crippen molar-refractivity contribution in [1.29, 1.82) is 0 Å². The number of aliphatic hydroxyl groups excluding tert-OH is 1. The molecule has 0 unspecified atom stereocenters. The minimum absolute atomic E-state index is 0.0346. The monoisotopic (exact) mass is 801 g/mol. The molecule has 4 heterocycles. The third-order valence-electron chi connectivity index (χ3n) is 12.5. The highest BCUT2D eigenvalue weighted by molar-refractivity contribution is 9.10. The van der Waals surface area contributed by atoms with Crippen LogP contribution in [0.3, 0.4) is 0 Å². The van der Waals surface area contributed by atoms with Crippen molar-refractivity contribution in [3.8, 4) is 5.75 Å². The van der Waals surface area contributed by atoms with Crippen molar-refractivity contribution in [2.45, 2.75) is 101 Å². The van der Waals surface area contributed by atoms with Crippen molar-refractivity contribution in [3.05, 3.63) is 82.3 Å². The van der Waals surface area contributed by atoms with Gasteiger partial charge in [0.15, 0.2) is 5.60 Å². The number of ether oxygens (including phenoxy) is 2. The minimum Gasteiger partial charge on any atom is -0.497 e. The Labute approximate surface area is 322 Å². The molecular formula is C42H52BrN3O6Si. The maximum absolute atomic E-state index is 15.3. The topological polar surface area (TPSA) is 99.6 Å². The maximum Gasteiger partial charge on any atom is 0.264 e. The molecule has 0 aromatic heterocycles. The third-order valence-corrected chi connectivity index (χ3v) is 17.3. The smallest absolute Gasteiger partial charge is 0.264 e. The number of hydrogen-bond donors (Lipinski definition) is 1. The predicted molar refractivity (Wildman–Crippen MR) is 213 cm³/mol. The number of aliphatic hydroxyl groups is 1. The van der Waals surface area contributed by atoms with Gasteiger partial charge in [-0.15, -0.1) is 0 Å². The molecule has 1 N–H and O–H groups in total. The molecule has 4 aliphatic rings. The molecule has 3 amide bonds. The van der Waals surface area contributed by atoms with Crippen LogP contribution >= 0.6 is 15.9 Å². The Kier molecular flexibility index (Phi) is 10.9. The van der Waals surface area contributed by atoms with Crippen LogP contribution in [0, 0.1) is 5.92 Å². The van der Waals surface area contributed by atoms with E-state index in [1.54, 1.807) is 7.11 Å². The highest BCUT2D eigenvalue weighted by Gasteiger charge is 2.66. The van der Waals surface area contributed by atoms with Gasteiger partial charge in [0.2, 0.25) is 11.8 Å². The summed E-state index contributed by atoms with van der Waals surface area (Å²) < 4.78 is 13.6. The maximum atomic E-state index is 15.3. The summed E-state index contributed by atoms with van der Waals surface area (Å²) in [6, 6.07) is 22.0. The van der Waals surface area contributed by atoms with Gasteiger partial charge < -0.3 is 29.3 Å². The lowest BCUT2D eigenvalue weighted by Crippen LogP contribution is -2.52. The van der Waals surface area contributed by atoms with Crippen molar-refractivity contribution < 1.29 is 29.0 Å². The molecule has 0 saturated carbocycles. The number of carbonyl (C=O) groups excluding carboxylic acids is 3. The fourth-order valence-corrected chi connectivity index (χ4v) is 14.1. The molecule has 9 nitrogen and oxygen atoms in total. The Morgan fingerprint density at radius 1 is 1.00 bits per heavy atom. The van der Waals surface area contributed by atoms with Crippen molar-refractivity contribution in [2.75, 3.05) is 36.6 Å². The van der Waals surface area contributed by atoms with Crippen LogP contribution in [0.1, 0.15) is 69.4 Å². The number of nitrogens with zero attached hydrogens (tertiary/aromatic N) is 3. The lowest BCUT2D eigenvalue weighted by molar-refractivity contribution is -0.150. The number of fused-ring (bicyclic) bond motifs is 2. The number of amides is 3. The van der Waals surface area contributed by atoms with Crippen LogP contribution in [0.25, 0.3) is 0 Å². The molecule has 11 heteroatoms. The van der Waals surface area contributed by atoms with Crippen molar-refractivity contribution in [1.82, 2.24) is 4.90 Å². The number of benzene rings is 3. The summed E-state index contributed by atoms with van der Waals surface area (Å²) in [6.07, 6.45) is 5.91. The van der Waals surface area contributed by atoms with Crippen molar-refractivity contribution in [3.63, 3.8) is 0 Å². The average molecular weight is 803 g/mol. The molecule has 3 aromatic rings. The first kappa shape index (κ1) is 37.8. The fourth-order valence-electron chi connectivity index (χ4n) is 9.72. The number of likely N-dealkylation sites (tertiary alicyclic amines) is 1. The highest BCUT2D eigenvalue weighted by Crippen LogP contribution is 2.60. The van der Waals surface area contributed by atoms with E-state index in [9.17, 15) is 14.7 Å². The zero-order valence-electron chi connectivity index (χ0n) is 31.4. The van der Waals surface area contributed by atoms with Gasteiger partial charge in [0.05, 0.1) is 52.6 Å². The van der Waals surface area contributed by atoms with Gasteiger partial charge in [-0.3, -0.25) is 14.4 Å². The van der Waals surface area contributed by atoms with E-state index in [-0.39, 0.29) is 48.3 Å². The van der Waals surface area contributed by atoms with Crippen LogP contribution in [-0.4, -0.2) is 74.8 Å². The van der Waals surface area contributed by atoms with Crippen molar-refractivity contribution >= 4 is 58.3 Å². The Balaban J connectivity index is 1.27.